The Kier molecular flexibility index (Phi) is 3.34. The third-order valence-corrected chi connectivity index (χ3v) is 3.01. The maximum atomic E-state index is 13.0. The molecule has 0 aliphatic rings. The summed E-state index contributed by atoms with van der Waals surface area (Å²) < 4.78 is 17.6. The van der Waals surface area contributed by atoms with Gasteiger partial charge in [0.1, 0.15) is 12.2 Å². The van der Waals surface area contributed by atoms with Gasteiger partial charge >= 0.3 is 5.97 Å². The number of carbonyl (C=O) groups excluding carboxylic acids is 1. The van der Waals surface area contributed by atoms with Crippen LogP contribution in [-0.2, 0) is 16.0 Å². The van der Waals surface area contributed by atoms with E-state index in [0.29, 0.717) is 0 Å². The smallest absolute Gasteiger partial charge is 0.328 e. The van der Waals surface area contributed by atoms with Crippen LogP contribution in [0.1, 0.15) is 5.56 Å². The number of hydrogen-bond donors (Lipinski definition) is 2. The zero-order valence-corrected chi connectivity index (χ0v) is 10.1. The van der Waals surface area contributed by atoms with E-state index in [0.717, 1.165) is 16.5 Å². The van der Waals surface area contributed by atoms with Crippen LogP contribution in [0, 0.1) is 0 Å². The van der Waals surface area contributed by atoms with Gasteiger partial charge in [-0.1, -0.05) is 18.2 Å². The van der Waals surface area contributed by atoms with Gasteiger partial charge in [0.2, 0.25) is 0 Å². The van der Waals surface area contributed by atoms with Gasteiger partial charge in [0.25, 0.3) is 0 Å². The molecule has 2 rings (SSSR count). The first-order valence-electron chi connectivity index (χ1n) is 5.59. The van der Waals surface area contributed by atoms with Gasteiger partial charge in [0.15, 0.2) is 0 Å². The lowest BCUT2D eigenvalue weighted by molar-refractivity contribution is -0.147. The fourth-order valence-corrected chi connectivity index (χ4v) is 1.99. The van der Waals surface area contributed by atoms with Crippen LogP contribution in [0.4, 0.5) is 4.39 Å². The maximum Gasteiger partial charge on any atom is 0.328 e. The Balaban J connectivity index is 2.35. The van der Waals surface area contributed by atoms with Gasteiger partial charge in [0, 0.05) is 23.5 Å². The molecule has 0 saturated heterocycles. The van der Waals surface area contributed by atoms with E-state index in [1.807, 2.05) is 24.3 Å². The van der Waals surface area contributed by atoms with Gasteiger partial charge < -0.3 is 15.5 Å². The second-order valence-electron chi connectivity index (χ2n) is 4.32. The second kappa shape index (κ2) is 4.78. The number of aromatic amines is 1. The molecule has 0 bridgehead atoms. The Morgan fingerprint density at radius 1 is 1.50 bits per heavy atom. The molecule has 0 amide bonds. The van der Waals surface area contributed by atoms with Crippen LogP contribution in [-0.4, -0.2) is 30.3 Å². The number of benzene rings is 1. The Hall–Kier alpha value is -1.88. The van der Waals surface area contributed by atoms with E-state index >= 15 is 0 Å². The first-order chi connectivity index (χ1) is 8.60. The minimum Gasteiger partial charge on any atom is -0.468 e. The standard InChI is InChI=1S/C13H15FN2O2/c1-18-12(17)13(15,8-14)6-9-7-16-11-5-3-2-4-10(9)11/h2-5,7,16H,6,8,15H2,1H3/t13-/m1/s1. The van der Waals surface area contributed by atoms with E-state index in [9.17, 15) is 9.18 Å². The molecule has 2 aromatic rings. The zero-order chi connectivity index (χ0) is 13.2. The molecule has 5 heteroatoms. The van der Waals surface area contributed by atoms with Crippen LogP contribution in [0.3, 0.4) is 0 Å². The summed E-state index contributed by atoms with van der Waals surface area (Å²) in [6.45, 7) is -0.959. The van der Waals surface area contributed by atoms with E-state index in [1.54, 1.807) is 6.20 Å². The average molecular weight is 250 g/mol. The summed E-state index contributed by atoms with van der Waals surface area (Å²) in [6.07, 6.45) is 1.84. The number of aromatic nitrogens is 1. The minimum atomic E-state index is -1.63. The highest BCUT2D eigenvalue weighted by atomic mass is 19.1. The lowest BCUT2D eigenvalue weighted by atomic mass is 9.93. The van der Waals surface area contributed by atoms with Crippen molar-refractivity contribution in [2.45, 2.75) is 12.0 Å². The number of ether oxygens (including phenoxy) is 1. The first-order valence-corrected chi connectivity index (χ1v) is 5.59. The number of alkyl halides is 1. The Labute approximate surface area is 104 Å². The quantitative estimate of drug-likeness (QED) is 0.809. The van der Waals surface area contributed by atoms with Gasteiger partial charge in [-0.05, 0) is 11.6 Å². The summed E-state index contributed by atoms with van der Waals surface area (Å²) in [5.41, 5.74) is 5.88. The van der Waals surface area contributed by atoms with Crippen molar-refractivity contribution in [1.29, 1.82) is 0 Å². The second-order valence-corrected chi connectivity index (χ2v) is 4.32. The molecule has 1 aromatic carbocycles. The molecule has 1 heterocycles. The average Bonchev–Trinajstić information content (AvgIpc) is 2.81. The molecule has 1 atom stereocenters. The molecule has 96 valence electrons. The molecule has 18 heavy (non-hydrogen) atoms. The van der Waals surface area contributed by atoms with Crippen LogP contribution >= 0.6 is 0 Å². The monoisotopic (exact) mass is 250 g/mol. The van der Waals surface area contributed by atoms with Crippen molar-refractivity contribution < 1.29 is 13.9 Å². The summed E-state index contributed by atoms with van der Waals surface area (Å²) in [7, 11) is 1.20. The fourth-order valence-electron chi connectivity index (χ4n) is 1.99. The molecule has 4 nitrogen and oxygen atoms in total. The normalized spacial score (nSPS) is 14.4. The van der Waals surface area contributed by atoms with Gasteiger partial charge in [-0.3, -0.25) is 0 Å². The number of H-pyrrole nitrogens is 1. The number of nitrogens with two attached hydrogens (primary N) is 1. The largest absolute Gasteiger partial charge is 0.468 e. The summed E-state index contributed by atoms with van der Waals surface area (Å²) in [4.78, 5) is 14.6. The van der Waals surface area contributed by atoms with E-state index in [1.165, 1.54) is 7.11 Å². The number of fused-ring (bicyclic) bond motifs is 1. The van der Waals surface area contributed by atoms with E-state index < -0.39 is 18.2 Å². The third-order valence-electron chi connectivity index (χ3n) is 3.01. The summed E-state index contributed by atoms with van der Waals surface area (Å²) in [5, 5.41) is 0.935. The van der Waals surface area contributed by atoms with Crippen molar-refractivity contribution in [2.24, 2.45) is 5.73 Å². The van der Waals surface area contributed by atoms with Crippen LogP contribution in [0.15, 0.2) is 30.5 Å². The summed E-state index contributed by atoms with van der Waals surface area (Å²) in [5.74, 6) is -0.740. The number of methoxy groups -OCH3 is 1. The number of hydrogen-bond acceptors (Lipinski definition) is 3. The molecule has 3 N–H and O–H groups in total. The van der Waals surface area contributed by atoms with Crippen molar-refractivity contribution in [3.63, 3.8) is 0 Å². The molecule has 1 aromatic heterocycles. The van der Waals surface area contributed by atoms with Crippen molar-refractivity contribution in [1.82, 2.24) is 4.98 Å². The number of halogens is 1. The third kappa shape index (κ3) is 2.09. The topological polar surface area (TPSA) is 68.1 Å². The van der Waals surface area contributed by atoms with E-state index in [-0.39, 0.29) is 6.42 Å². The van der Waals surface area contributed by atoms with Gasteiger partial charge in [-0.25, -0.2) is 9.18 Å². The number of para-hydroxylation sites is 1. The SMILES string of the molecule is COC(=O)[C@](N)(CF)Cc1c[nH]c2ccccc12. The van der Waals surface area contributed by atoms with Crippen molar-refractivity contribution in [2.75, 3.05) is 13.8 Å². The number of nitrogens with one attached hydrogen (secondary N) is 1. The molecular weight excluding hydrogens is 235 g/mol. The maximum absolute atomic E-state index is 13.0. The van der Waals surface area contributed by atoms with Crippen molar-refractivity contribution >= 4 is 16.9 Å². The molecule has 0 saturated carbocycles. The van der Waals surface area contributed by atoms with Gasteiger partial charge in [0.05, 0.1) is 7.11 Å². The Morgan fingerprint density at radius 3 is 2.89 bits per heavy atom. The van der Waals surface area contributed by atoms with E-state index in [2.05, 4.69) is 9.72 Å². The number of rotatable bonds is 4. The molecule has 0 fully saturated rings. The van der Waals surface area contributed by atoms with Crippen molar-refractivity contribution in [3.05, 3.63) is 36.0 Å². The summed E-state index contributed by atoms with van der Waals surface area (Å²) >= 11 is 0. The molecule has 0 radical (unpaired) electrons. The first kappa shape index (κ1) is 12.6. The number of carbonyl (C=O) groups is 1. The molecule has 0 aliphatic heterocycles. The fraction of sp³-hybridized carbons (Fsp3) is 0.308. The zero-order valence-electron chi connectivity index (χ0n) is 10.1. The van der Waals surface area contributed by atoms with Crippen molar-refractivity contribution in [3.8, 4) is 0 Å². The molecular formula is C13H15FN2O2. The van der Waals surface area contributed by atoms with Crippen LogP contribution < -0.4 is 5.73 Å². The van der Waals surface area contributed by atoms with E-state index in [4.69, 9.17) is 5.73 Å². The number of esters is 1. The molecule has 0 spiro atoms. The highest BCUT2D eigenvalue weighted by Crippen LogP contribution is 2.22. The summed E-state index contributed by atoms with van der Waals surface area (Å²) in [6, 6.07) is 7.58. The van der Waals surface area contributed by atoms with Crippen LogP contribution in [0.2, 0.25) is 0 Å². The van der Waals surface area contributed by atoms with Crippen LogP contribution in [0.25, 0.3) is 10.9 Å². The Morgan fingerprint density at radius 2 is 2.22 bits per heavy atom. The Bertz CT molecular complexity index is 567. The highest BCUT2D eigenvalue weighted by molar-refractivity contribution is 5.86. The van der Waals surface area contributed by atoms with Crippen LogP contribution in [0.5, 0.6) is 0 Å². The molecule has 0 aliphatic carbocycles. The van der Waals surface area contributed by atoms with Gasteiger partial charge in [-0.2, -0.15) is 0 Å². The highest BCUT2D eigenvalue weighted by Gasteiger charge is 2.36. The van der Waals surface area contributed by atoms with Gasteiger partial charge in [-0.15, -0.1) is 0 Å². The minimum absolute atomic E-state index is 0.0974. The lowest BCUT2D eigenvalue weighted by Crippen LogP contribution is -2.52. The predicted octanol–water partition coefficient (Wildman–Crippen LogP) is 1.55. The predicted molar refractivity (Wildman–Crippen MR) is 66.9 cm³/mol. The molecule has 0 unspecified atom stereocenters. The lowest BCUT2D eigenvalue weighted by Gasteiger charge is -2.22.